The lowest BCUT2D eigenvalue weighted by Crippen LogP contribution is -2.14. The fourth-order valence-electron chi connectivity index (χ4n) is 1.81. The fourth-order valence-corrected chi connectivity index (χ4v) is 1.81. The standard InChI is InChI=1S/C13H19N5/c1-10(2)12-6-4-11(5-7-12)9-18-13(8-14-3)15-16-17-18/h4-7,10,14H,8-9H2,1-3H3. The summed E-state index contributed by atoms with van der Waals surface area (Å²) in [6.45, 7) is 5.78. The van der Waals surface area contributed by atoms with Crippen LogP contribution in [0.1, 0.15) is 36.7 Å². The summed E-state index contributed by atoms with van der Waals surface area (Å²) in [5, 5.41) is 14.8. The summed E-state index contributed by atoms with van der Waals surface area (Å²) in [6.07, 6.45) is 0. The van der Waals surface area contributed by atoms with E-state index in [0.717, 1.165) is 5.82 Å². The molecule has 2 aromatic rings. The van der Waals surface area contributed by atoms with Crippen molar-refractivity contribution < 1.29 is 0 Å². The van der Waals surface area contributed by atoms with E-state index in [4.69, 9.17) is 0 Å². The molecular formula is C13H19N5. The van der Waals surface area contributed by atoms with Gasteiger partial charge in [0.15, 0.2) is 5.82 Å². The maximum Gasteiger partial charge on any atom is 0.165 e. The Balaban J connectivity index is 2.11. The minimum Gasteiger partial charge on any atom is -0.313 e. The molecule has 0 fully saturated rings. The number of hydrogen-bond acceptors (Lipinski definition) is 4. The molecule has 18 heavy (non-hydrogen) atoms. The smallest absolute Gasteiger partial charge is 0.165 e. The van der Waals surface area contributed by atoms with Crippen LogP contribution in [0.4, 0.5) is 0 Å². The monoisotopic (exact) mass is 245 g/mol. The molecule has 1 N–H and O–H groups in total. The maximum absolute atomic E-state index is 4.00. The van der Waals surface area contributed by atoms with Gasteiger partial charge in [0, 0.05) is 0 Å². The van der Waals surface area contributed by atoms with Crippen LogP contribution in [0.5, 0.6) is 0 Å². The zero-order chi connectivity index (χ0) is 13.0. The summed E-state index contributed by atoms with van der Waals surface area (Å²) in [5.41, 5.74) is 2.56. The van der Waals surface area contributed by atoms with Crippen molar-refractivity contribution in [2.75, 3.05) is 7.05 Å². The minimum absolute atomic E-state index is 0.562. The lowest BCUT2D eigenvalue weighted by atomic mass is 10.0. The number of nitrogens with one attached hydrogen (secondary N) is 1. The predicted molar refractivity (Wildman–Crippen MR) is 70.2 cm³/mol. The predicted octanol–water partition coefficient (Wildman–Crippen LogP) is 1.56. The molecule has 0 aliphatic heterocycles. The Bertz CT molecular complexity index is 486. The van der Waals surface area contributed by atoms with Crippen LogP contribution in [0, 0.1) is 0 Å². The molecule has 5 nitrogen and oxygen atoms in total. The highest BCUT2D eigenvalue weighted by Crippen LogP contribution is 2.15. The van der Waals surface area contributed by atoms with E-state index in [1.54, 1.807) is 0 Å². The number of nitrogens with zero attached hydrogens (tertiary/aromatic N) is 4. The first-order valence-corrected chi connectivity index (χ1v) is 6.19. The van der Waals surface area contributed by atoms with E-state index < -0.39 is 0 Å². The summed E-state index contributed by atoms with van der Waals surface area (Å²) in [4.78, 5) is 0. The Labute approximate surface area is 107 Å². The molecule has 0 amide bonds. The highest BCUT2D eigenvalue weighted by molar-refractivity contribution is 5.24. The van der Waals surface area contributed by atoms with Crippen molar-refractivity contribution in [1.29, 1.82) is 0 Å². The number of aromatic nitrogens is 4. The van der Waals surface area contributed by atoms with Crippen molar-refractivity contribution in [3.8, 4) is 0 Å². The van der Waals surface area contributed by atoms with Crippen LogP contribution in [0.3, 0.4) is 0 Å². The molecule has 0 unspecified atom stereocenters. The van der Waals surface area contributed by atoms with E-state index in [-0.39, 0.29) is 0 Å². The molecule has 0 saturated heterocycles. The Kier molecular flexibility index (Phi) is 4.04. The van der Waals surface area contributed by atoms with Crippen LogP contribution in [0.25, 0.3) is 0 Å². The van der Waals surface area contributed by atoms with E-state index in [2.05, 4.69) is 59.0 Å². The maximum atomic E-state index is 4.00. The Morgan fingerprint density at radius 2 is 1.94 bits per heavy atom. The molecule has 5 heteroatoms. The average molecular weight is 245 g/mol. The van der Waals surface area contributed by atoms with Gasteiger partial charge in [0.25, 0.3) is 0 Å². The van der Waals surface area contributed by atoms with Crippen LogP contribution in [-0.2, 0) is 13.1 Å². The first-order valence-electron chi connectivity index (χ1n) is 6.19. The van der Waals surface area contributed by atoms with Gasteiger partial charge in [-0.2, -0.15) is 0 Å². The molecule has 0 saturated carbocycles. The molecular weight excluding hydrogens is 226 g/mol. The van der Waals surface area contributed by atoms with Crippen LogP contribution in [0.15, 0.2) is 24.3 Å². The quantitative estimate of drug-likeness (QED) is 0.868. The lowest BCUT2D eigenvalue weighted by molar-refractivity contribution is 0.601. The van der Waals surface area contributed by atoms with E-state index in [1.807, 2.05) is 11.7 Å². The molecule has 0 bridgehead atoms. The van der Waals surface area contributed by atoms with Gasteiger partial charge in [-0.05, 0) is 34.5 Å². The molecule has 0 aliphatic carbocycles. The summed E-state index contributed by atoms with van der Waals surface area (Å²) in [5.74, 6) is 1.41. The summed E-state index contributed by atoms with van der Waals surface area (Å²) in [7, 11) is 1.89. The second-order valence-electron chi connectivity index (χ2n) is 4.68. The summed E-state index contributed by atoms with van der Waals surface area (Å²) in [6, 6.07) is 8.62. The van der Waals surface area contributed by atoms with Gasteiger partial charge in [-0.3, -0.25) is 0 Å². The second kappa shape index (κ2) is 5.73. The van der Waals surface area contributed by atoms with Gasteiger partial charge in [-0.15, -0.1) is 5.10 Å². The highest BCUT2D eigenvalue weighted by Gasteiger charge is 2.06. The van der Waals surface area contributed by atoms with Crippen LogP contribution in [0.2, 0.25) is 0 Å². The third-order valence-electron chi connectivity index (χ3n) is 2.92. The SMILES string of the molecule is CNCc1nnnn1Cc1ccc(C(C)C)cc1. The van der Waals surface area contributed by atoms with Crippen molar-refractivity contribution in [2.24, 2.45) is 0 Å². The number of tetrazole rings is 1. The van der Waals surface area contributed by atoms with Gasteiger partial charge >= 0.3 is 0 Å². The molecule has 1 aromatic heterocycles. The molecule has 1 heterocycles. The van der Waals surface area contributed by atoms with Crippen LogP contribution >= 0.6 is 0 Å². The Morgan fingerprint density at radius 3 is 2.56 bits per heavy atom. The van der Waals surface area contributed by atoms with Crippen molar-refractivity contribution in [3.63, 3.8) is 0 Å². The van der Waals surface area contributed by atoms with Crippen LogP contribution < -0.4 is 5.32 Å². The Hall–Kier alpha value is -1.75. The van der Waals surface area contributed by atoms with E-state index >= 15 is 0 Å². The molecule has 96 valence electrons. The first kappa shape index (κ1) is 12.7. The van der Waals surface area contributed by atoms with E-state index in [1.165, 1.54) is 11.1 Å². The zero-order valence-electron chi connectivity index (χ0n) is 11.1. The van der Waals surface area contributed by atoms with Gasteiger partial charge in [0.05, 0.1) is 13.1 Å². The molecule has 0 radical (unpaired) electrons. The fraction of sp³-hybridized carbons (Fsp3) is 0.462. The Morgan fingerprint density at radius 1 is 1.22 bits per heavy atom. The normalized spacial score (nSPS) is 11.1. The van der Waals surface area contributed by atoms with Crippen LogP contribution in [-0.4, -0.2) is 27.3 Å². The van der Waals surface area contributed by atoms with Crippen molar-refractivity contribution in [3.05, 3.63) is 41.2 Å². The van der Waals surface area contributed by atoms with Gasteiger partial charge in [0.1, 0.15) is 0 Å². The second-order valence-corrected chi connectivity index (χ2v) is 4.68. The third kappa shape index (κ3) is 2.92. The minimum atomic E-state index is 0.562. The molecule has 2 rings (SSSR count). The first-order chi connectivity index (χ1) is 8.70. The topological polar surface area (TPSA) is 55.6 Å². The summed E-state index contributed by atoms with van der Waals surface area (Å²) < 4.78 is 1.82. The highest BCUT2D eigenvalue weighted by atomic mass is 15.5. The van der Waals surface area contributed by atoms with Crippen molar-refractivity contribution in [1.82, 2.24) is 25.5 Å². The summed E-state index contributed by atoms with van der Waals surface area (Å²) >= 11 is 0. The molecule has 1 aromatic carbocycles. The molecule has 0 aliphatic rings. The van der Waals surface area contributed by atoms with E-state index in [9.17, 15) is 0 Å². The lowest BCUT2D eigenvalue weighted by Gasteiger charge is -2.07. The van der Waals surface area contributed by atoms with Gasteiger partial charge in [-0.1, -0.05) is 38.1 Å². The molecule has 0 atom stereocenters. The third-order valence-corrected chi connectivity index (χ3v) is 2.92. The van der Waals surface area contributed by atoms with Crippen molar-refractivity contribution in [2.45, 2.75) is 32.9 Å². The van der Waals surface area contributed by atoms with E-state index in [0.29, 0.717) is 19.0 Å². The molecule has 0 spiro atoms. The van der Waals surface area contributed by atoms with Gasteiger partial charge < -0.3 is 5.32 Å². The number of benzene rings is 1. The van der Waals surface area contributed by atoms with Gasteiger partial charge in [-0.25, -0.2) is 4.68 Å². The van der Waals surface area contributed by atoms with Gasteiger partial charge in [0.2, 0.25) is 0 Å². The van der Waals surface area contributed by atoms with Crippen molar-refractivity contribution >= 4 is 0 Å². The zero-order valence-corrected chi connectivity index (χ0v) is 11.1. The average Bonchev–Trinajstić information content (AvgIpc) is 2.78. The largest absolute Gasteiger partial charge is 0.313 e. The number of rotatable bonds is 5. The number of hydrogen-bond donors (Lipinski definition) is 1.